The summed E-state index contributed by atoms with van der Waals surface area (Å²) < 4.78 is 32.2. The minimum Gasteiger partial charge on any atom is -0.483 e. The number of nitrogens with one attached hydrogen (secondary N) is 3. The third-order valence-electron chi connectivity index (χ3n) is 5.19. The molecule has 3 N–H and O–H groups in total. The summed E-state index contributed by atoms with van der Waals surface area (Å²) in [6.07, 6.45) is 3.86. The number of ether oxygens (including phenoxy) is 1. The van der Waals surface area contributed by atoms with Crippen LogP contribution in [0.15, 0.2) is 35.3 Å². The van der Waals surface area contributed by atoms with E-state index in [0.29, 0.717) is 29.1 Å². The van der Waals surface area contributed by atoms with Crippen LogP contribution in [-0.2, 0) is 13.2 Å². The van der Waals surface area contributed by atoms with Crippen LogP contribution >= 0.6 is 0 Å². The van der Waals surface area contributed by atoms with E-state index >= 15 is 0 Å². The largest absolute Gasteiger partial charge is 0.483 e. The molecular formula is C21H23F2N5O2. The van der Waals surface area contributed by atoms with Crippen LogP contribution in [-0.4, -0.2) is 34.6 Å². The standard InChI is InChI=1S/C21H23F2N5O2/c22-14-1-2-18(16(23)9-14)30-12-19-27-20-15(21(29)28-19)5-8-26-17(20)11-25-10-13-3-6-24-7-4-13/h1-2,5,8-9,13,24-25H,3-4,6-7,10-12H2,(H,27,28,29). The van der Waals surface area contributed by atoms with Gasteiger partial charge in [-0.05, 0) is 56.6 Å². The van der Waals surface area contributed by atoms with Crippen molar-refractivity contribution in [3.8, 4) is 5.75 Å². The Morgan fingerprint density at radius 3 is 2.83 bits per heavy atom. The lowest BCUT2D eigenvalue weighted by atomic mass is 9.98. The van der Waals surface area contributed by atoms with Crippen molar-refractivity contribution in [1.82, 2.24) is 25.6 Å². The molecule has 0 unspecified atom stereocenters. The van der Waals surface area contributed by atoms with E-state index in [1.807, 2.05) is 0 Å². The smallest absolute Gasteiger partial charge is 0.258 e. The van der Waals surface area contributed by atoms with Gasteiger partial charge in [0.25, 0.3) is 5.56 Å². The summed E-state index contributed by atoms with van der Waals surface area (Å²) in [6.45, 7) is 3.28. The molecule has 4 rings (SSSR count). The first-order valence-electron chi connectivity index (χ1n) is 9.96. The summed E-state index contributed by atoms with van der Waals surface area (Å²) >= 11 is 0. The summed E-state index contributed by atoms with van der Waals surface area (Å²) in [6, 6.07) is 4.65. The molecule has 3 heterocycles. The summed E-state index contributed by atoms with van der Waals surface area (Å²) in [7, 11) is 0. The minimum atomic E-state index is -0.817. The molecular weight excluding hydrogens is 392 g/mol. The molecule has 0 saturated carbocycles. The second-order valence-corrected chi connectivity index (χ2v) is 7.35. The minimum absolute atomic E-state index is 0.116. The Balaban J connectivity index is 1.49. The number of pyridine rings is 1. The molecule has 0 radical (unpaired) electrons. The van der Waals surface area contributed by atoms with Gasteiger partial charge in [-0.15, -0.1) is 0 Å². The lowest BCUT2D eigenvalue weighted by Crippen LogP contribution is -2.33. The van der Waals surface area contributed by atoms with E-state index in [0.717, 1.165) is 44.6 Å². The van der Waals surface area contributed by atoms with Crippen LogP contribution in [0.1, 0.15) is 24.4 Å². The van der Waals surface area contributed by atoms with Crippen molar-refractivity contribution in [2.24, 2.45) is 5.92 Å². The van der Waals surface area contributed by atoms with Crippen molar-refractivity contribution in [3.63, 3.8) is 0 Å². The third-order valence-corrected chi connectivity index (χ3v) is 5.19. The number of hydrogen-bond donors (Lipinski definition) is 3. The van der Waals surface area contributed by atoms with Gasteiger partial charge in [0.2, 0.25) is 0 Å². The van der Waals surface area contributed by atoms with Crippen LogP contribution in [0.2, 0.25) is 0 Å². The normalized spacial score (nSPS) is 14.9. The summed E-state index contributed by atoms with van der Waals surface area (Å²) in [5.41, 5.74) is 0.833. The first kappa shape index (κ1) is 20.4. The maximum Gasteiger partial charge on any atom is 0.258 e. The Morgan fingerprint density at radius 2 is 2.03 bits per heavy atom. The number of nitrogens with zero attached hydrogens (tertiary/aromatic N) is 2. The number of H-pyrrole nitrogens is 1. The molecule has 1 fully saturated rings. The average molecular weight is 415 g/mol. The van der Waals surface area contributed by atoms with Crippen molar-refractivity contribution in [1.29, 1.82) is 0 Å². The highest BCUT2D eigenvalue weighted by atomic mass is 19.1. The van der Waals surface area contributed by atoms with Crippen LogP contribution in [0.5, 0.6) is 5.75 Å². The lowest BCUT2D eigenvalue weighted by Gasteiger charge is -2.22. The van der Waals surface area contributed by atoms with Crippen molar-refractivity contribution in [2.75, 3.05) is 19.6 Å². The molecule has 1 aliphatic heterocycles. The molecule has 7 nitrogen and oxygen atoms in total. The molecule has 0 amide bonds. The Kier molecular flexibility index (Phi) is 6.29. The fourth-order valence-corrected chi connectivity index (χ4v) is 3.58. The van der Waals surface area contributed by atoms with E-state index in [-0.39, 0.29) is 23.7 Å². The van der Waals surface area contributed by atoms with E-state index < -0.39 is 11.6 Å². The van der Waals surface area contributed by atoms with Gasteiger partial charge in [0.05, 0.1) is 11.1 Å². The van der Waals surface area contributed by atoms with Gasteiger partial charge in [0.1, 0.15) is 23.8 Å². The van der Waals surface area contributed by atoms with Crippen molar-refractivity contribution < 1.29 is 13.5 Å². The van der Waals surface area contributed by atoms with Gasteiger partial charge in [-0.3, -0.25) is 9.78 Å². The SMILES string of the molecule is O=c1[nH]c(COc2ccc(F)cc2F)nc2c(CNCC3CCNCC3)nccc12. The van der Waals surface area contributed by atoms with Gasteiger partial charge in [-0.25, -0.2) is 13.8 Å². The van der Waals surface area contributed by atoms with Gasteiger partial charge >= 0.3 is 0 Å². The van der Waals surface area contributed by atoms with Gasteiger partial charge in [0, 0.05) is 18.8 Å². The quantitative estimate of drug-likeness (QED) is 0.548. The molecule has 9 heteroatoms. The highest BCUT2D eigenvalue weighted by Crippen LogP contribution is 2.19. The molecule has 0 spiro atoms. The molecule has 0 atom stereocenters. The monoisotopic (exact) mass is 415 g/mol. The third kappa shape index (κ3) is 4.80. The maximum atomic E-state index is 13.8. The van der Waals surface area contributed by atoms with Crippen LogP contribution in [0.4, 0.5) is 8.78 Å². The molecule has 0 aliphatic carbocycles. The molecule has 3 aromatic rings. The molecule has 0 bridgehead atoms. The fraction of sp³-hybridized carbons (Fsp3) is 0.381. The zero-order valence-electron chi connectivity index (χ0n) is 16.4. The average Bonchev–Trinajstić information content (AvgIpc) is 2.74. The summed E-state index contributed by atoms with van der Waals surface area (Å²) in [4.78, 5) is 24.0. The number of benzene rings is 1. The zero-order chi connectivity index (χ0) is 20.9. The van der Waals surface area contributed by atoms with Crippen molar-refractivity contribution in [2.45, 2.75) is 26.0 Å². The van der Waals surface area contributed by atoms with Crippen LogP contribution in [0.3, 0.4) is 0 Å². The van der Waals surface area contributed by atoms with Crippen LogP contribution in [0.25, 0.3) is 10.9 Å². The first-order chi connectivity index (χ1) is 14.6. The van der Waals surface area contributed by atoms with Gasteiger partial charge < -0.3 is 20.4 Å². The van der Waals surface area contributed by atoms with Gasteiger partial charge in [0.15, 0.2) is 11.6 Å². The van der Waals surface area contributed by atoms with E-state index in [4.69, 9.17) is 4.74 Å². The molecule has 1 aliphatic rings. The predicted molar refractivity (Wildman–Crippen MR) is 108 cm³/mol. The molecule has 158 valence electrons. The number of aromatic nitrogens is 3. The van der Waals surface area contributed by atoms with Gasteiger partial charge in [-0.2, -0.15) is 0 Å². The number of rotatable bonds is 7. The fourth-order valence-electron chi connectivity index (χ4n) is 3.58. The van der Waals surface area contributed by atoms with Crippen molar-refractivity contribution >= 4 is 10.9 Å². The maximum absolute atomic E-state index is 13.8. The second-order valence-electron chi connectivity index (χ2n) is 7.35. The Bertz CT molecular complexity index is 1080. The van der Waals surface area contributed by atoms with Crippen molar-refractivity contribution in [3.05, 3.63) is 64.0 Å². The molecule has 1 saturated heterocycles. The number of hydrogen-bond acceptors (Lipinski definition) is 6. The van der Waals surface area contributed by atoms with E-state index in [2.05, 4.69) is 25.6 Å². The highest BCUT2D eigenvalue weighted by molar-refractivity contribution is 5.79. The molecule has 1 aromatic carbocycles. The number of halogens is 2. The zero-order valence-corrected chi connectivity index (χ0v) is 16.4. The van der Waals surface area contributed by atoms with Crippen LogP contribution < -0.4 is 20.9 Å². The number of aromatic amines is 1. The Morgan fingerprint density at radius 1 is 1.20 bits per heavy atom. The number of fused-ring (bicyclic) bond motifs is 1. The summed E-state index contributed by atoms with van der Waals surface area (Å²) in [5.74, 6) is -0.766. The van der Waals surface area contributed by atoms with E-state index in [1.54, 1.807) is 12.3 Å². The predicted octanol–water partition coefficient (Wildman–Crippen LogP) is 2.26. The lowest BCUT2D eigenvalue weighted by molar-refractivity contribution is 0.280. The highest BCUT2D eigenvalue weighted by Gasteiger charge is 2.14. The van der Waals surface area contributed by atoms with E-state index in [1.165, 1.54) is 6.07 Å². The summed E-state index contributed by atoms with van der Waals surface area (Å²) in [5, 5.41) is 7.19. The molecule has 30 heavy (non-hydrogen) atoms. The topological polar surface area (TPSA) is 91.9 Å². The second kappa shape index (κ2) is 9.27. The van der Waals surface area contributed by atoms with Crippen LogP contribution in [0, 0.1) is 17.6 Å². The van der Waals surface area contributed by atoms with Gasteiger partial charge in [-0.1, -0.05) is 0 Å². The number of piperidine rings is 1. The Labute approximate surface area is 171 Å². The molecule has 2 aromatic heterocycles. The Hall–Kier alpha value is -2.91. The van der Waals surface area contributed by atoms with E-state index in [9.17, 15) is 13.6 Å². The first-order valence-corrected chi connectivity index (χ1v) is 9.96.